The molecule has 6 heteroatoms. The van der Waals surface area contributed by atoms with Gasteiger partial charge in [-0.15, -0.1) is 0 Å². The maximum atomic E-state index is 10.9. The number of pyridine rings is 1. The van der Waals surface area contributed by atoms with Crippen LogP contribution < -0.4 is 11.5 Å². The predicted octanol–water partition coefficient (Wildman–Crippen LogP) is 0.235. The van der Waals surface area contributed by atoms with Crippen LogP contribution in [-0.4, -0.2) is 21.7 Å². The van der Waals surface area contributed by atoms with Crippen LogP contribution in [0.4, 0.5) is 0 Å². The van der Waals surface area contributed by atoms with Crippen molar-refractivity contribution in [1.29, 1.82) is 0 Å². The molecule has 0 saturated carbocycles. The molecule has 0 bridgehead atoms. The molecule has 2 rings (SSSR count). The average Bonchev–Trinajstić information content (AvgIpc) is 2.68. The van der Waals surface area contributed by atoms with Crippen molar-refractivity contribution in [3.8, 4) is 11.4 Å². The van der Waals surface area contributed by atoms with Gasteiger partial charge in [0, 0.05) is 18.0 Å². The summed E-state index contributed by atoms with van der Waals surface area (Å²) in [7, 11) is 0. The molecule has 0 aliphatic carbocycles. The van der Waals surface area contributed by atoms with Gasteiger partial charge in [-0.3, -0.25) is 14.5 Å². The van der Waals surface area contributed by atoms with E-state index in [1.165, 1.54) is 0 Å². The molecule has 6 nitrogen and oxygen atoms in total. The largest absolute Gasteiger partial charge is 0.439 e. The zero-order valence-corrected chi connectivity index (χ0v) is 8.86. The SMILES string of the molecule is Cc1c(CCN)cncc1-c1noc(=O)[nH]1. The van der Waals surface area contributed by atoms with Crippen LogP contribution in [0.15, 0.2) is 21.7 Å². The molecule has 0 amide bonds. The lowest BCUT2D eigenvalue weighted by molar-refractivity contribution is 0.388. The van der Waals surface area contributed by atoms with E-state index in [4.69, 9.17) is 5.73 Å². The Balaban J connectivity index is 2.49. The lowest BCUT2D eigenvalue weighted by atomic mass is 10.0. The minimum atomic E-state index is -0.571. The Morgan fingerprint density at radius 3 is 2.94 bits per heavy atom. The Morgan fingerprint density at radius 2 is 2.31 bits per heavy atom. The third kappa shape index (κ3) is 1.87. The highest BCUT2D eigenvalue weighted by Crippen LogP contribution is 2.20. The van der Waals surface area contributed by atoms with E-state index in [0.29, 0.717) is 12.4 Å². The van der Waals surface area contributed by atoms with Crippen molar-refractivity contribution in [3.05, 3.63) is 34.1 Å². The molecule has 0 aromatic carbocycles. The number of nitrogens with one attached hydrogen (secondary N) is 1. The van der Waals surface area contributed by atoms with Crippen molar-refractivity contribution in [2.75, 3.05) is 6.54 Å². The van der Waals surface area contributed by atoms with Gasteiger partial charge in [0.05, 0.1) is 0 Å². The molecule has 0 saturated heterocycles. The van der Waals surface area contributed by atoms with Crippen molar-refractivity contribution in [2.45, 2.75) is 13.3 Å². The molecule has 0 fully saturated rings. The van der Waals surface area contributed by atoms with Crippen LogP contribution in [0.2, 0.25) is 0 Å². The summed E-state index contributed by atoms with van der Waals surface area (Å²) in [6.07, 6.45) is 4.15. The van der Waals surface area contributed by atoms with E-state index in [1.807, 2.05) is 6.92 Å². The molecule has 0 atom stereocenters. The van der Waals surface area contributed by atoms with Gasteiger partial charge in [-0.2, -0.15) is 0 Å². The topological polar surface area (TPSA) is 97.8 Å². The fourth-order valence-electron chi connectivity index (χ4n) is 1.56. The van der Waals surface area contributed by atoms with Crippen LogP contribution >= 0.6 is 0 Å². The Labute approximate surface area is 91.5 Å². The smallest absolute Gasteiger partial charge is 0.330 e. The van der Waals surface area contributed by atoms with Gasteiger partial charge in [0.15, 0.2) is 5.82 Å². The van der Waals surface area contributed by atoms with Gasteiger partial charge < -0.3 is 5.73 Å². The number of H-pyrrole nitrogens is 1. The second-order valence-corrected chi connectivity index (χ2v) is 3.45. The minimum absolute atomic E-state index is 0.397. The summed E-state index contributed by atoms with van der Waals surface area (Å²) in [4.78, 5) is 17.4. The van der Waals surface area contributed by atoms with E-state index >= 15 is 0 Å². The predicted molar refractivity (Wildman–Crippen MR) is 57.9 cm³/mol. The van der Waals surface area contributed by atoms with Crippen molar-refractivity contribution in [1.82, 2.24) is 15.1 Å². The van der Waals surface area contributed by atoms with E-state index in [-0.39, 0.29) is 0 Å². The highest BCUT2D eigenvalue weighted by molar-refractivity contribution is 5.59. The normalized spacial score (nSPS) is 10.6. The summed E-state index contributed by atoms with van der Waals surface area (Å²) < 4.78 is 4.46. The van der Waals surface area contributed by atoms with Gasteiger partial charge in [0.25, 0.3) is 0 Å². The number of nitrogens with two attached hydrogens (primary N) is 1. The zero-order valence-electron chi connectivity index (χ0n) is 8.86. The molecule has 0 radical (unpaired) electrons. The van der Waals surface area contributed by atoms with Crippen LogP contribution in [0.5, 0.6) is 0 Å². The summed E-state index contributed by atoms with van der Waals surface area (Å²) in [5.74, 6) is -0.174. The van der Waals surface area contributed by atoms with Crippen molar-refractivity contribution in [3.63, 3.8) is 0 Å². The first-order valence-electron chi connectivity index (χ1n) is 4.92. The molecule has 2 aromatic rings. The monoisotopic (exact) mass is 220 g/mol. The average molecular weight is 220 g/mol. The zero-order chi connectivity index (χ0) is 11.5. The lowest BCUT2D eigenvalue weighted by Gasteiger charge is -2.06. The number of aromatic nitrogens is 3. The fourth-order valence-corrected chi connectivity index (χ4v) is 1.56. The first-order chi connectivity index (χ1) is 7.72. The summed E-state index contributed by atoms with van der Waals surface area (Å²) in [5.41, 5.74) is 8.31. The quantitative estimate of drug-likeness (QED) is 0.771. The van der Waals surface area contributed by atoms with Crippen molar-refractivity contribution in [2.24, 2.45) is 5.73 Å². The molecular weight excluding hydrogens is 208 g/mol. The number of hydrogen-bond donors (Lipinski definition) is 2. The Morgan fingerprint density at radius 1 is 1.50 bits per heavy atom. The number of aromatic amines is 1. The van der Waals surface area contributed by atoms with E-state index in [2.05, 4.69) is 19.6 Å². The molecule has 16 heavy (non-hydrogen) atoms. The van der Waals surface area contributed by atoms with Crippen LogP contribution in [0.1, 0.15) is 11.1 Å². The van der Waals surface area contributed by atoms with Gasteiger partial charge in [-0.05, 0) is 31.0 Å². The molecule has 0 spiro atoms. The van der Waals surface area contributed by atoms with E-state index in [0.717, 1.165) is 23.1 Å². The molecule has 0 aliphatic rings. The number of hydrogen-bond acceptors (Lipinski definition) is 5. The van der Waals surface area contributed by atoms with Crippen LogP contribution in [0, 0.1) is 6.92 Å². The van der Waals surface area contributed by atoms with E-state index in [1.54, 1.807) is 12.4 Å². The fraction of sp³-hybridized carbons (Fsp3) is 0.300. The Kier molecular flexibility index (Phi) is 2.82. The minimum Gasteiger partial charge on any atom is -0.330 e. The molecule has 0 unspecified atom stereocenters. The summed E-state index contributed by atoms with van der Waals surface area (Å²) >= 11 is 0. The van der Waals surface area contributed by atoms with Crippen LogP contribution in [0.3, 0.4) is 0 Å². The lowest BCUT2D eigenvalue weighted by Crippen LogP contribution is -2.05. The second-order valence-electron chi connectivity index (χ2n) is 3.45. The van der Waals surface area contributed by atoms with Gasteiger partial charge in [0.1, 0.15) is 0 Å². The standard InChI is InChI=1S/C10H12N4O2/c1-6-7(2-3-11)4-12-5-8(6)9-13-10(15)16-14-9/h4-5H,2-3,11H2,1H3,(H,13,14,15). The van der Waals surface area contributed by atoms with Crippen molar-refractivity contribution < 1.29 is 4.52 Å². The molecular formula is C10H12N4O2. The van der Waals surface area contributed by atoms with Gasteiger partial charge in [0.2, 0.25) is 0 Å². The molecule has 0 aliphatic heterocycles. The summed E-state index contributed by atoms with van der Waals surface area (Å²) in [5, 5.41) is 3.63. The van der Waals surface area contributed by atoms with Crippen molar-refractivity contribution >= 4 is 0 Å². The molecule has 84 valence electrons. The number of rotatable bonds is 3. The first-order valence-corrected chi connectivity index (χ1v) is 4.92. The van der Waals surface area contributed by atoms with E-state index < -0.39 is 5.76 Å². The van der Waals surface area contributed by atoms with Crippen LogP contribution in [0.25, 0.3) is 11.4 Å². The Hall–Kier alpha value is -1.95. The second kappa shape index (κ2) is 4.28. The molecule has 2 aromatic heterocycles. The van der Waals surface area contributed by atoms with Gasteiger partial charge in [-0.1, -0.05) is 5.16 Å². The molecule has 3 N–H and O–H groups in total. The maximum absolute atomic E-state index is 10.9. The van der Waals surface area contributed by atoms with Gasteiger partial charge in [-0.25, -0.2) is 4.79 Å². The summed E-state index contributed by atoms with van der Waals surface area (Å²) in [6, 6.07) is 0. The highest BCUT2D eigenvalue weighted by atomic mass is 16.5. The first kappa shape index (κ1) is 10.6. The summed E-state index contributed by atoms with van der Waals surface area (Å²) in [6.45, 7) is 2.50. The maximum Gasteiger partial charge on any atom is 0.439 e. The highest BCUT2D eigenvalue weighted by Gasteiger charge is 2.10. The molecule has 2 heterocycles. The third-order valence-electron chi connectivity index (χ3n) is 2.43. The third-order valence-corrected chi connectivity index (χ3v) is 2.43. The number of nitrogens with zero attached hydrogens (tertiary/aromatic N) is 2. The van der Waals surface area contributed by atoms with Gasteiger partial charge >= 0.3 is 5.76 Å². The van der Waals surface area contributed by atoms with Crippen LogP contribution in [-0.2, 0) is 6.42 Å². The van der Waals surface area contributed by atoms with E-state index in [9.17, 15) is 4.79 Å². The Bertz CT molecular complexity index is 544.